The molecule has 0 aliphatic carbocycles. The number of ether oxygens (including phenoxy) is 1. The van der Waals surface area contributed by atoms with Gasteiger partial charge in [-0.2, -0.15) is 0 Å². The van der Waals surface area contributed by atoms with Crippen molar-refractivity contribution >= 4 is 31.3 Å². The van der Waals surface area contributed by atoms with E-state index in [9.17, 15) is 57.6 Å². The molecule has 190 valence electrons. The maximum absolute atomic E-state index is 11.8. The molecule has 1 aliphatic rings. The predicted molar refractivity (Wildman–Crippen MR) is 89.1 cm³/mol. The van der Waals surface area contributed by atoms with Crippen LogP contribution >= 0.6 is 31.3 Å². The molecule has 4 N–H and O–H groups in total. The number of aliphatic hydroxyl groups is 2. The largest absolute Gasteiger partial charge is 1.00 e. The summed E-state index contributed by atoms with van der Waals surface area (Å²) >= 11 is 0. The van der Waals surface area contributed by atoms with Crippen LogP contribution in [-0.4, -0.2) is 49.6 Å². The van der Waals surface area contributed by atoms with Crippen molar-refractivity contribution in [1.82, 2.24) is 9.55 Å². The molecular weight excluding hydrogens is 640 g/mol. The third kappa shape index (κ3) is 14.9. The number of aromatic amines is 1. The second-order valence-electron chi connectivity index (χ2n) is 5.91. The number of H-pyrrole nitrogens is 1. The second-order valence-corrected chi connectivity index (χ2v) is 11.8. The van der Waals surface area contributed by atoms with Crippen molar-refractivity contribution in [1.29, 1.82) is 0 Å². The Morgan fingerprint density at radius 3 is 1.86 bits per heavy atom. The number of phosphoric ester groups is 1. The van der Waals surface area contributed by atoms with Gasteiger partial charge in [0.2, 0.25) is 0 Å². The van der Waals surface area contributed by atoms with Gasteiger partial charge in [-0.1, -0.05) is 0 Å². The Labute approximate surface area is 294 Å². The SMILES string of the molecule is O=c1ccn(C2OC(COP(=O)([O-])OP(=O)([O-])OP(=O)([O-])OP(=O)([O-])O)C(O)C2O)c(=O)[nH]1.[Na+].[Na+].[Na+].[Na+]. The summed E-state index contributed by atoms with van der Waals surface area (Å²) in [6.45, 7) is -1.26. The first-order valence-corrected chi connectivity index (χ1v) is 13.8. The predicted octanol–water partition coefficient (Wildman–Crippen LogP) is -16.9. The van der Waals surface area contributed by atoms with Crippen molar-refractivity contribution in [2.75, 3.05) is 6.61 Å². The fraction of sp³-hybridized carbons (Fsp3) is 0.556. The van der Waals surface area contributed by atoms with Crippen LogP contribution in [0.2, 0.25) is 0 Å². The molecule has 1 aromatic heterocycles. The van der Waals surface area contributed by atoms with E-state index in [4.69, 9.17) is 9.63 Å². The third-order valence-electron chi connectivity index (χ3n) is 3.46. The molecule has 0 saturated carbocycles. The summed E-state index contributed by atoms with van der Waals surface area (Å²) in [5, 5.41) is 19.9. The number of rotatable bonds is 10. The van der Waals surface area contributed by atoms with Gasteiger partial charge in [-0.05, 0) is 0 Å². The van der Waals surface area contributed by atoms with E-state index in [0.29, 0.717) is 4.57 Å². The van der Waals surface area contributed by atoms with Gasteiger partial charge in [-0.3, -0.25) is 32.6 Å². The van der Waals surface area contributed by atoms with Crippen LogP contribution in [0.3, 0.4) is 0 Å². The zero-order valence-corrected chi connectivity index (χ0v) is 31.0. The molecule has 1 fully saturated rings. The van der Waals surface area contributed by atoms with E-state index in [1.54, 1.807) is 0 Å². The molecule has 1 aliphatic heterocycles. The maximum Gasteiger partial charge on any atom is 1.00 e. The normalized spacial score (nSPS) is 27.3. The molecule has 37 heavy (non-hydrogen) atoms. The molecule has 8 atom stereocenters. The summed E-state index contributed by atoms with van der Waals surface area (Å²) in [5.41, 5.74) is -1.87. The number of aliphatic hydroxyl groups excluding tert-OH is 2. The van der Waals surface area contributed by atoms with E-state index in [0.717, 1.165) is 12.3 Å². The van der Waals surface area contributed by atoms with Gasteiger partial charge >= 0.3 is 124 Å². The van der Waals surface area contributed by atoms with Gasteiger partial charge in [-0.15, -0.1) is 0 Å². The number of aromatic nitrogens is 2. The van der Waals surface area contributed by atoms with Crippen molar-refractivity contribution in [3.8, 4) is 0 Å². The van der Waals surface area contributed by atoms with Crippen LogP contribution in [0.4, 0.5) is 0 Å². The molecule has 1 saturated heterocycles. The van der Waals surface area contributed by atoms with Gasteiger partial charge in [0.15, 0.2) is 6.23 Å². The number of hydrogen-bond donors (Lipinski definition) is 4. The summed E-state index contributed by atoms with van der Waals surface area (Å²) in [6, 6.07) is 0.861. The Morgan fingerprint density at radius 2 is 1.38 bits per heavy atom. The van der Waals surface area contributed by atoms with Gasteiger partial charge < -0.3 is 43.9 Å². The van der Waals surface area contributed by atoms with Crippen LogP contribution in [0.15, 0.2) is 21.9 Å². The monoisotopic (exact) mass is 652 g/mol. The van der Waals surface area contributed by atoms with Crippen molar-refractivity contribution < 1.29 is 193 Å². The Kier molecular flexibility index (Phi) is 21.0. The van der Waals surface area contributed by atoms with Gasteiger partial charge in [0.25, 0.3) is 36.9 Å². The van der Waals surface area contributed by atoms with Crippen LogP contribution in [0.5, 0.6) is 0 Å². The second kappa shape index (κ2) is 17.4. The molecule has 2 heterocycles. The van der Waals surface area contributed by atoms with E-state index in [-0.39, 0.29) is 118 Å². The summed E-state index contributed by atoms with van der Waals surface area (Å²) in [7, 11) is -24.9. The van der Waals surface area contributed by atoms with E-state index >= 15 is 0 Å². The maximum atomic E-state index is 11.8. The number of nitrogens with one attached hydrogen (secondary N) is 1. The van der Waals surface area contributed by atoms with E-state index in [1.165, 1.54) is 0 Å². The summed E-state index contributed by atoms with van der Waals surface area (Å²) in [6.07, 6.45) is -6.29. The molecular formula is C9H12N2Na4O18P4. The van der Waals surface area contributed by atoms with Crippen LogP contribution in [0.1, 0.15) is 6.23 Å². The van der Waals surface area contributed by atoms with Crippen molar-refractivity contribution in [3.63, 3.8) is 0 Å². The Morgan fingerprint density at radius 1 is 0.892 bits per heavy atom. The van der Waals surface area contributed by atoms with Gasteiger partial charge in [-0.25, -0.2) is 17.7 Å². The standard InChI is InChI=1S/C9H16N2O18P4.4Na/c12-5-1-2-11(9(15)10-5)8-7(14)6(13)4(26-8)3-25-31(19,20)28-33(23,24)29-32(21,22)27-30(16,17)18;;;;/h1-2,4,6-8,13-14H,3H2,(H,19,20)(H,21,22)(H,23,24)(H,10,12,15)(H2,16,17,18);;;;/q;4*+1/p-4. The average Bonchev–Trinajstić information content (AvgIpc) is 2.84. The minimum Gasteiger partial charge on any atom is -0.756 e. The molecule has 1 aromatic rings. The Hall–Kier alpha value is 3.12. The number of nitrogens with zero attached hydrogens (tertiary/aromatic N) is 1. The summed E-state index contributed by atoms with van der Waals surface area (Å²) < 4.78 is 63.6. The molecule has 0 spiro atoms. The molecule has 0 radical (unpaired) electrons. The van der Waals surface area contributed by atoms with E-state index < -0.39 is 73.7 Å². The quantitative estimate of drug-likeness (QED) is 0.135. The minimum atomic E-state index is -6.44. The van der Waals surface area contributed by atoms with Gasteiger partial charge in [0.05, 0.1) is 6.61 Å². The molecule has 0 aromatic carbocycles. The Balaban J connectivity index is -0.00000289. The van der Waals surface area contributed by atoms with Crippen LogP contribution < -0.4 is 149 Å². The molecule has 0 amide bonds. The average molecular weight is 652 g/mol. The van der Waals surface area contributed by atoms with E-state index in [2.05, 4.69) is 17.5 Å². The zero-order valence-electron chi connectivity index (χ0n) is 19.4. The van der Waals surface area contributed by atoms with Crippen molar-refractivity contribution in [2.45, 2.75) is 24.5 Å². The fourth-order valence-corrected chi connectivity index (χ4v) is 6.58. The van der Waals surface area contributed by atoms with Crippen LogP contribution in [0.25, 0.3) is 0 Å². The summed E-state index contributed by atoms with van der Waals surface area (Å²) in [5.74, 6) is 0. The topological polar surface area (TPSA) is 322 Å². The Bertz CT molecular complexity index is 1190. The van der Waals surface area contributed by atoms with Crippen LogP contribution in [0, 0.1) is 0 Å². The molecule has 28 heteroatoms. The molecule has 8 unspecified atom stereocenters. The van der Waals surface area contributed by atoms with Crippen molar-refractivity contribution in [3.05, 3.63) is 33.1 Å². The number of phosphoric acid groups is 4. The van der Waals surface area contributed by atoms with Gasteiger partial charge in [0.1, 0.15) is 18.3 Å². The first-order chi connectivity index (χ1) is 14.8. The summed E-state index contributed by atoms with van der Waals surface area (Å²) in [4.78, 5) is 77.3. The van der Waals surface area contributed by atoms with Crippen LogP contribution in [-0.2, 0) is 40.5 Å². The molecule has 2 rings (SSSR count). The molecule has 20 nitrogen and oxygen atoms in total. The van der Waals surface area contributed by atoms with Crippen molar-refractivity contribution in [2.24, 2.45) is 0 Å². The van der Waals surface area contributed by atoms with Gasteiger partial charge in [0, 0.05) is 12.3 Å². The smallest absolute Gasteiger partial charge is 0.756 e. The third-order valence-corrected chi connectivity index (χ3v) is 8.75. The first-order valence-electron chi connectivity index (χ1n) is 7.89. The van der Waals surface area contributed by atoms with E-state index in [1.807, 2.05) is 4.98 Å². The minimum absolute atomic E-state index is 0. The number of hydrogen-bond acceptors (Lipinski definition) is 17. The fourth-order valence-electron chi connectivity index (χ4n) is 2.31. The first kappa shape index (κ1) is 44.6. The zero-order chi connectivity index (χ0) is 25.4. The molecule has 0 bridgehead atoms.